The minimum Gasteiger partial charge on any atom is -0.467 e. The summed E-state index contributed by atoms with van der Waals surface area (Å²) >= 11 is 5.99. The van der Waals surface area contributed by atoms with Crippen LogP contribution in [-0.4, -0.2) is 40.0 Å². The molecule has 0 atom stereocenters. The van der Waals surface area contributed by atoms with Gasteiger partial charge in [-0.1, -0.05) is 17.7 Å². The molecule has 8 heteroatoms. The molecule has 2 N–H and O–H groups in total. The number of aromatic amines is 1. The molecule has 3 aromatic rings. The molecule has 29 heavy (non-hydrogen) atoms. The first-order valence-corrected chi connectivity index (χ1v) is 9.88. The van der Waals surface area contributed by atoms with Crippen molar-refractivity contribution in [2.24, 2.45) is 0 Å². The standard InChI is InChI=1S/C21H21ClN4O3/c22-16-4-1-3-15(11-16)21(28)26-8-6-14(7-9-26)18-12-19(25-24-18)20(27)23-13-17-5-2-10-29-17/h1-5,10-12,14H,6-9,13H2,(H,23,27)(H,24,25). The maximum atomic E-state index is 12.6. The largest absolute Gasteiger partial charge is 0.467 e. The second-order valence-electron chi connectivity index (χ2n) is 7.05. The van der Waals surface area contributed by atoms with Crippen LogP contribution in [0, 0.1) is 0 Å². The van der Waals surface area contributed by atoms with E-state index in [1.54, 1.807) is 48.7 Å². The molecule has 7 nitrogen and oxygen atoms in total. The first-order valence-electron chi connectivity index (χ1n) is 9.51. The molecule has 0 radical (unpaired) electrons. The Morgan fingerprint density at radius 2 is 2.03 bits per heavy atom. The minimum atomic E-state index is -0.252. The van der Waals surface area contributed by atoms with Crippen molar-refractivity contribution in [3.8, 4) is 0 Å². The number of furan rings is 1. The molecule has 1 aliphatic rings. The molecule has 1 aliphatic heterocycles. The summed E-state index contributed by atoms with van der Waals surface area (Å²) in [7, 11) is 0. The van der Waals surface area contributed by atoms with E-state index in [2.05, 4.69) is 15.5 Å². The molecule has 1 aromatic carbocycles. The van der Waals surface area contributed by atoms with Gasteiger partial charge < -0.3 is 14.6 Å². The van der Waals surface area contributed by atoms with Gasteiger partial charge in [0, 0.05) is 35.3 Å². The molecular weight excluding hydrogens is 392 g/mol. The molecule has 1 fully saturated rings. The van der Waals surface area contributed by atoms with Gasteiger partial charge >= 0.3 is 0 Å². The number of amides is 2. The monoisotopic (exact) mass is 412 g/mol. The van der Waals surface area contributed by atoms with E-state index in [-0.39, 0.29) is 17.7 Å². The zero-order valence-electron chi connectivity index (χ0n) is 15.7. The Hall–Kier alpha value is -3.06. The summed E-state index contributed by atoms with van der Waals surface area (Å²) in [5.41, 5.74) is 1.87. The average molecular weight is 413 g/mol. The van der Waals surface area contributed by atoms with Crippen LogP contribution in [0.15, 0.2) is 53.1 Å². The van der Waals surface area contributed by atoms with E-state index in [1.165, 1.54) is 0 Å². The Kier molecular flexibility index (Phi) is 5.67. The van der Waals surface area contributed by atoms with Gasteiger partial charge in [-0.25, -0.2) is 0 Å². The van der Waals surface area contributed by atoms with Gasteiger partial charge in [-0.15, -0.1) is 0 Å². The maximum Gasteiger partial charge on any atom is 0.272 e. The van der Waals surface area contributed by atoms with E-state index in [1.807, 2.05) is 4.90 Å². The molecule has 1 saturated heterocycles. The van der Waals surface area contributed by atoms with Gasteiger partial charge in [-0.2, -0.15) is 5.10 Å². The quantitative estimate of drug-likeness (QED) is 0.669. The number of carbonyl (C=O) groups is 2. The highest BCUT2D eigenvalue weighted by atomic mass is 35.5. The summed E-state index contributed by atoms with van der Waals surface area (Å²) in [6.07, 6.45) is 3.18. The Bertz CT molecular complexity index is 991. The van der Waals surface area contributed by atoms with Crippen LogP contribution in [0.4, 0.5) is 0 Å². The van der Waals surface area contributed by atoms with Crippen molar-refractivity contribution in [2.75, 3.05) is 13.1 Å². The van der Waals surface area contributed by atoms with Crippen LogP contribution >= 0.6 is 11.6 Å². The van der Waals surface area contributed by atoms with Crippen molar-refractivity contribution in [1.82, 2.24) is 20.4 Å². The maximum absolute atomic E-state index is 12.6. The number of nitrogens with one attached hydrogen (secondary N) is 2. The van der Waals surface area contributed by atoms with Crippen molar-refractivity contribution in [3.05, 3.63) is 76.5 Å². The van der Waals surface area contributed by atoms with Crippen LogP contribution in [0.1, 0.15) is 51.1 Å². The highest BCUT2D eigenvalue weighted by molar-refractivity contribution is 6.30. The van der Waals surface area contributed by atoms with Crippen LogP contribution in [0.2, 0.25) is 5.02 Å². The minimum absolute atomic E-state index is 0.00597. The molecule has 0 saturated carbocycles. The molecule has 0 aliphatic carbocycles. The van der Waals surface area contributed by atoms with Gasteiger partial charge in [-0.05, 0) is 49.2 Å². The van der Waals surface area contributed by atoms with E-state index in [0.717, 1.165) is 18.5 Å². The second-order valence-corrected chi connectivity index (χ2v) is 7.48. The van der Waals surface area contributed by atoms with Crippen LogP contribution in [0.25, 0.3) is 0 Å². The van der Waals surface area contributed by atoms with Crippen molar-refractivity contribution in [1.29, 1.82) is 0 Å². The Morgan fingerprint density at radius 3 is 2.76 bits per heavy atom. The molecule has 4 rings (SSSR count). The number of H-pyrrole nitrogens is 1. The fourth-order valence-electron chi connectivity index (χ4n) is 3.53. The van der Waals surface area contributed by atoms with Crippen molar-refractivity contribution < 1.29 is 14.0 Å². The molecular formula is C21H21ClN4O3. The van der Waals surface area contributed by atoms with E-state index in [9.17, 15) is 9.59 Å². The molecule has 0 unspecified atom stereocenters. The summed E-state index contributed by atoms with van der Waals surface area (Å²) in [6.45, 7) is 1.61. The zero-order chi connectivity index (χ0) is 20.2. The Morgan fingerprint density at radius 1 is 1.21 bits per heavy atom. The number of hydrogen-bond acceptors (Lipinski definition) is 4. The number of nitrogens with zero attached hydrogens (tertiary/aromatic N) is 2. The predicted molar refractivity (Wildman–Crippen MR) is 108 cm³/mol. The normalized spacial score (nSPS) is 14.7. The summed E-state index contributed by atoms with van der Waals surface area (Å²) in [5, 5.41) is 10.5. The van der Waals surface area contributed by atoms with Gasteiger partial charge in [0.15, 0.2) is 0 Å². The van der Waals surface area contributed by atoms with Crippen molar-refractivity contribution in [3.63, 3.8) is 0 Å². The van der Waals surface area contributed by atoms with Gasteiger partial charge in [0.1, 0.15) is 11.5 Å². The van der Waals surface area contributed by atoms with Crippen LogP contribution in [0.3, 0.4) is 0 Å². The van der Waals surface area contributed by atoms with Crippen LogP contribution < -0.4 is 5.32 Å². The molecule has 0 bridgehead atoms. The van der Waals surface area contributed by atoms with Crippen LogP contribution in [0.5, 0.6) is 0 Å². The lowest BCUT2D eigenvalue weighted by Crippen LogP contribution is -2.38. The fourth-order valence-corrected chi connectivity index (χ4v) is 3.72. The molecule has 3 heterocycles. The number of aromatic nitrogens is 2. The third-order valence-electron chi connectivity index (χ3n) is 5.13. The summed E-state index contributed by atoms with van der Waals surface area (Å²) in [5.74, 6) is 0.661. The molecule has 2 aromatic heterocycles. The predicted octanol–water partition coefficient (Wildman–Crippen LogP) is 3.61. The van der Waals surface area contributed by atoms with Gasteiger partial charge in [0.25, 0.3) is 11.8 Å². The summed E-state index contributed by atoms with van der Waals surface area (Å²) in [6, 6.07) is 12.4. The number of likely N-dealkylation sites (tertiary alicyclic amines) is 1. The number of piperidine rings is 1. The van der Waals surface area contributed by atoms with E-state index >= 15 is 0 Å². The number of carbonyl (C=O) groups excluding carboxylic acids is 2. The number of halogens is 1. The molecule has 150 valence electrons. The lowest BCUT2D eigenvalue weighted by Gasteiger charge is -2.31. The zero-order valence-corrected chi connectivity index (χ0v) is 16.5. The second kappa shape index (κ2) is 8.53. The van der Waals surface area contributed by atoms with Gasteiger partial charge in [-0.3, -0.25) is 14.7 Å². The molecule has 0 spiro atoms. The number of hydrogen-bond donors (Lipinski definition) is 2. The summed E-state index contributed by atoms with van der Waals surface area (Å²) < 4.78 is 5.21. The first kappa shape index (κ1) is 19.3. The third-order valence-corrected chi connectivity index (χ3v) is 5.36. The van der Waals surface area contributed by atoms with E-state index < -0.39 is 0 Å². The van der Waals surface area contributed by atoms with Crippen molar-refractivity contribution >= 4 is 23.4 Å². The number of benzene rings is 1. The summed E-state index contributed by atoms with van der Waals surface area (Å²) in [4.78, 5) is 26.8. The van der Waals surface area contributed by atoms with E-state index in [0.29, 0.717) is 41.7 Å². The highest BCUT2D eigenvalue weighted by Gasteiger charge is 2.26. The van der Waals surface area contributed by atoms with Gasteiger partial charge in [0.2, 0.25) is 0 Å². The van der Waals surface area contributed by atoms with Crippen molar-refractivity contribution in [2.45, 2.75) is 25.3 Å². The SMILES string of the molecule is O=C(NCc1ccco1)c1cc(C2CCN(C(=O)c3cccc(Cl)c3)CC2)[nH]n1. The van der Waals surface area contributed by atoms with Gasteiger partial charge in [0.05, 0.1) is 12.8 Å². The first-order chi connectivity index (χ1) is 14.1. The lowest BCUT2D eigenvalue weighted by atomic mass is 9.93. The topological polar surface area (TPSA) is 91.2 Å². The lowest BCUT2D eigenvalue weighted by molar-refractivity contribution is 0.0712. The smallest absolute Gasteiger partial charge is 0.272 e. The average Bonchev–Trinajstić information content (AvgIpc) is 3.44. The fraction of sp³-hybridized carbons (Fsp3) is 0.286. The highest BCUT2D eigenvalue weighted by Crippen LogP contribution is 2.28. The Balaban J connectivity index is 1.32. The number of rotatable bonds is 5. The third kappa shape index (κ3) is 4.51. The Labute approximate surface area is 173 Å². The van der Waals surface area contributed by atoms with E-state index in [4.69, 9.17) is 16.0 Å². The van der Waals surface area contributed by atoms with Crippen LogP contribution in [-0.2, 0) is 6.54 Å². The molecule has 2 amide bonds.